The summed E-state index contributed by atoms with van der Waals surface area (Å²) >= 11 is 3.63. The zero-order valence-electron chi connectivity index (χ0n) is 35.7. The van der Waals surface area contributed by atoms with Gasteiger partial charge in [0.1, 0.15) is 24.4 Å². The summed E-state index contributed by atoms with van der Waals surface area (Å²) in [7, 11) is 1.21. The van der Waals surface area contributed by atoms with Gasteiger partial charge in [-0.2, -0.15) is 0 Å². The lowest BCUT2D eigenvalue weighted by Crippen LogP contribution is -2.84. The molecule has 0 bridgehead atoms. The molecule has 2 heterocycles. The van der Waals surface area contributed by atoms with Crippen LogP contribution in [0.15, 0.2) is 53.0 Å². The van der Waals surface area contributed by atoms with Crippen LogP contribution in [0.5, 0.6) is 0 Å². The molecule has 60 heavy (non-hydrogen) atoms. The first kappa shape index (κ1) is 44.4. The van der Waals surface area contributed by atoms with Crippen molar-refractivity contribution in [3.63, 3.8) is 0 Å². The van der Waals surface area contributed by atoms with Crippen LogP contribution in [0.3, 0.4) is 0 Å². The number of hydrogen-bond acceptors (Lipinski definition) is 14. The molecule has 1 aromatic carbocycles. The van der Waals surface area contributed by atoms with E-state index < -0.39 is 117 Å². The highest BCUT2D eigenvalue weighted by molar-refractivity contribution is 9.10. The number of methoxy groups -OCH3 is 1. The van der Waals surface area contributed by atoms with Gasteiger partial charge in [0, 0.05) is 49.9 Å². The number of carbonyl (C=O) groups is 5. The largest absolute Gasteiger partial charge is 0.467 e. The quantitative estimate of drug-likeness (QED) is 0.145. The summed E-state index contributed by atoms with van der Waals surface area (Å²) in [5.74, 6) is -5.85. The maximum absolute atomic E-state index is 14.0. The Labute approximate surface area is 359 Å². The summed E-state index contributed by atoms with van der Waals surface area (Å²) in [6.45, 7) is 17.2. The van der Waals surface area contributed by atoms with E-state index in [1.54, 1.807) is 6.92 Å². The second kappa shape index (κ2) is 15.3. The molecule has 1 aromatic rings. The van der Waals surface area contributed by atoms with Crippen molar-refractivity contribution in [1.29, 1.82) is 0 Å². The van der Waals surface area contributed by atoms with Gasteiger partial charge in [0.15, 0.2) is 6.10 Å². The molecule has 4 saturated carbocycles. The minimum absolute atomic E-state index is 0.0472. The fourth-order valence-electron chi connectivity index (χ4n) is 13.3. The monoisotopic (exact) mass is 900 g/mol. The fourth-order valence-corrected chi connectivity index (χ4v) is 13.7. The number of esters is 5. The number of rotatable bonds is 9. The Hall–Kier alpha value is -3.63. The number of epoxide rings is 1. The number of aliphatic hydroxyl groups is 1. The molecule has 1 N–H and O–H groups in total. The number of carbonyl (C=O) groups excluding carboxylic acids is 5. The molecule has 2 aliphatic heterocycles. The average molecular weight is 902 g/mol. The van der Waals surface area contributed by atoms with Crippen molar-refractivity contribution in [2.75, 3.05) is 20.3 Å². The SMILES string of the molecule is C=C1C[C@@]2(O)[C@@H]3CC[C@@]4(C)[C@@H]5C=CCOC[C@]5(C(C)OCc5ccccc5Br)[C@@H](OC(C)=O)[C@@H](OC(C)=O)[C@@H]4[C@@]3(C)[C@H](OC(C)=O)[C@H](OC(C)=O)[C@@]2(C)[C@]2(C(=O)OC)O[C@H]12. The number of ether oxygens (including phenoxy) is 8. The van der Waals surface area contributed by atoms with Crippen LogP contribution < -0.4 is 0 Å². The molecule has 4 aliphatic carbocycles. The van der Waals surface area contributed by atoms with Gasteiger partial charge in [0.25, 0.3) is 0 Å². The summed E-state index contributed by atoms with van der Waals surface area (Å²) in [4.78, 5) is 67.9. The van der Waals surface area contributed by atoms with E-state index in [1.165, 1.54) is 34.8 Å². The van der Waals surface area contributed by atoms with Gasteiger partial charge in [-0.25, -0.2) is 4.79 Å². The molecule has 14 nitrogen and oxygen atoms in total. The van der Waals surface area contributed by atoms with E-state index in [2.05, 4.69) is 35.5 Å². The van der Waals surface area contributed by atoms with Crippen molar-refractivity contribution in [2.24, 2.45) is 39.4 Å². The summed E-state index contributed by atoms with van der Waals surface area (Å²) in [5, 5.41) is 13.8. The maximum Gasteiger partial charge on any atom is 0.342 e. The van der Waals surface area contributed by atoms with E-state index in [1.807, 2.05) is 44.2 Å². The Morgan fingerprint density at radius 1 is 0.933 bits per heavy atom. The first-order valence-electron chi connectivity index (χ1n) is 20.6. The number of allylic oxidation sites excluding steroid dienone is 1. The Morgan fingerprint density at radius 3 is 2.17 bits per heavy atom. The third kappa shape index (κ3) is 6.10. The van der Waals surface area contributed by atoms with E-state index in [-0.39, 0.29) is 26.2 Å². The molecule has 0 spiro atoms. The van der Waals surface area contributed by atoms with Gasteiger partial charge in [-0.05, 0) is 61.1 Å². The summed E-state index contributed by atoms with van der Waals surface area (Å²) in [6.07, 6.45) is -2.32. The highest BCUT2D eigenvalue weighted by Crippen LogP contribution is 2.78. The van der Waals surface area contributed by atoms with Crippen LogP contribution in [-0.4, -0.2) is 103 Å². The lowest BCUT2D eigenvalue weighted by atomic mass is 9.31. The van der Waals surface area contributed by atoms with Crippen molar-refractivity contribution >= 4 is 45.8 Å². The molecular formula is C45H57BrO14. The second-order valence-electron chi connectivity index (χ2n) is 18.4. The Morgan fingerprint density at radius 2 is 1.55 bits per heavy atom. The summed E-state index contributed by atoms with van der Waals surface area (Å²) < 4.78 is 51.2. The van der Waals surface area contributed by atoms with Crippen LogP contribution in [-0.2, 0) is 68.5 Å². The van der Waals surface area contributed by atoms with Crippen LogP contribution in [0.1, 0.15) is 80.2 Å². The van der Waals surface area contributed by atoms with Crippen LogP contribution in [0, 0.1) is 39.4 Å². The van der Waals surface area contributed by atoms with E-state index in [9.17, 15) is 29.1 Å². The minimum atomic E-state index is -1.92. The number of benzene rings is 1. The zero-order chi connectivity index (χ0) is 44.0. The molecule has 6 aliphatic rings. The molecule has 0 aromatic heterocycles. The van der Waals surface area contributed by atoms with Gasteiger partial charge in [0.2, 0.25) is 5.60 Å². The van der Waals surface area contributed by atoms with Crippen molar-refractivity contribution in [1.82, 2.24) is 0 Å². The Balaban J connectivity index is 1.50. The van der Waals surface area contributed by atoms with E-state index in [0.29, 0.717) is 18.4 Å². The van der Waals surface area contributed by atoms with Crippen LogP contribution >= 0.6 is 15.9 Å². The van der Waals surface area contributed by atoms with Crippen LogP contribution in [0.4, 0.5) is 0 Å². The lowest BCUT2D eigenvalue weighted by Gasteiger charge is -2.74. The molecular weight excluding hydrogens is 844 g/mol. The van der Waals surface area contributed by atoms with E-state index >= 15 is 0 Å². The number of hydrogen-bond donors (Lipinski definition) is 1. The van der Waals surface area contributed by atoms with Crippen molar-refractivity contribution in [2.45, 2.75) is 129 Å². The first-order chi connectivity index (χ1) is 28.1. The molecule has 5 fully saturated rings. The molecule has 7 rings (SSSR count). The molecule has 1 unspecified atom stereocenters. The average Bonchev–Trinajstić information content (AvgIpc) is 3.97. The van der Waals surface area contributed by atoms with Gasteiger partial charge >= 0.3 is 29.8 Å². The minimum Gasteiger partial charge on any atom is -0.467 e. The second-order valence-corrected chi connectivity index (χ2v) is 19.2. The molecule has 328 valence electrons. The maximum atomic E-state index is 14.0. The molecule has 0 amide bonds. The van der Waals surface area contributed by atoms with Crippen molar-refractivity contribution < 1.29 is 67.0 Å². The van der Waals surface area contributed by atoms with Crippen molar-refractivity contribution in [3.8, 4) is 0 Å². The van der Waals surface area contributed by atoms with Gasteiger partial charge in [-0.15, -0.1) is 0 Å². The molecule has 15 atom stereocenters. The summed E-state index contributed by atoms with van der Waals surface area (Å²) in [6, 6.07) is 7.67. The molecule has 15 heteroatoms. The van der Waals surface area contributed by atoms with E-state index in [0.717, 1.165) is 10.0 Å². The molecule has 1 saturated heterocycles. The van der Waals surface area contributed by atoms with Gasteiger partial charge < -0.3 is 43.0 Å². The highest BCUT2D eigenvalue weighted by atomic mass is 79.9. The third-order valence-corrected chi connectivity index (χ3v) is 16.3. The number of halogens is 1. The van der Waals surface area contributed by atoms with Gasteiger partial charge in [0.05, 0.1) is 49.5 Å². The van der Waals surface area contributed by atoms with Gasteiger partial charge in [-0.3, -0.25) is 19.2 Å². The lowest BCUT2D eigenvalue weighted by molar-refractivity contribution is -0.358. The first-order valence-corrected chi connectivity index (χ1v) is 21.4. The zero-order valence-corrected chi connectivity index (χ0v) is 37.3. The fraction of sp³-hybridized carbons (Fsp3) is 0.667. The predicted molar refractivity (Wildman–Crippen MR) is 215 cm³/mol. The van der Waals surface area contributed by atoms with Crippen LogP contribution in [0.2, 0.25) is 0 Å². The third-order valence-electron chi connectivity index (χ3n) is 15.5. The van der Waals surface area contributed by atoms with Gasteiger partial charge in [-0.1, -0.05) is 66.7 Å². The van der Waals surface area contributed by atoms with E-state index in [4.69, 9.17) is 37.9 Å². The topological polar surface area (TPSA) is 183 Å². The normalized spacial score (nSPS) is 42.9. The molecule has 0 radical (unpaired) electrons. The smallest absolute Gasteiger partial charge is 0.342 e. The van der Waals surface area contributed by atoms with Crippen LogP contribution in [0.25, 0.3) is 0 Å². The Kier molecular flexibility index (Phi) is 11.3. The summed E-state index contributed by atoms with van der Waals surface area (Å²) in [5.41, 5.74) is -7.75. The standard InChI is InChI=1S/C45H57BrO14/c1-23-20-44(52)32-17-18-40(7)31-16-13-19-54-22-43(31,24(2)55-21-29-14-11-12-15-30(29)46)36(57-26(4)48)33(56-25(3)47)34(40)41(32,8)37(58-27(5)49)38(59-28(6)50)42(44,9)45(35(23)60-45)39(51)53-10/h11-16,24,31-38,52H,1,17-22H2,2-10H3/t24?,31-,32+,33-,34-,35+,36-,37+,38-,40-,41-,42+,43+,44+,45-/m0/s1. The Bertz CT molecular complexity index is 2000. The van der Waals surface area contributed by atoms with Crippen molar-refractivity contribution in [3.05, 3.63) is 58.6 Å². The highest BCUT2D eigenvalue weighted by Gasteiger charge is 2.91. The number of fused-ring (bicyclic) bond motifs is 9. The predicted octanol–water partition coefficient (Wildman–Crippen LogP) is 5.34.